The van der Waals surface area contributed by atoms with Crippen molar-refractivity contribution in [2.24, 2.45) is 0 Å². The number of rotatable bonds is 7. The van der Waals surface area contributed by atoms with Crippen molar-refractivity contribution >= 4 is 5.82 Å². The number of anilines is 1. The number of aromatic nitrogens is 2. The Morgan fingerprint density at radius 1 is 1.25 bits per heavy atom. The van der Waals surface area contributed by atoms with E-state index in [-0.39, 0.29) is 0 Å². The SMILES string of the molecule is Cc1nccnc1NCCOCCN(C)C. The molecule has 0 fully saturated rings. The minimum Gasteiger partial charge on any atom is -0.378 e. The lowest BCUT2D eigenvalue weighted by Crippen LogP contribution is -2.20. The fourth-order valence-electron chi connectivity index (χ4n) is 1.17. The van der Waals surface area contributed by atoms with Crippen LogP contribution in [0, 0.1) is 6.92 Å². The van der Waals surface area contributed by atoms with Gasteiger partial charge in [0.15, 0.2) is 0 Å². The molecule has 0 radical (unpaired) electrons. The van der Waals surface area contributed by atoms with E-state index in [4.69, 9.17) is 4.74 Å². The van der Waals surface area contributed by atoms with Gasteiger partial charge in [0.05, 0.1) is 18.9 Å². The first kappa shape index (κ1) is 12.9. The van der Waals surface area contributed by atoms with Gasteiger partial charge in [0, 0.05) is 25.5 Å². The Morgan fingerprint density at radius 3 is 2.69 bits per heavy atom. The molecule has 0 bridgehead atoms. The molecule has 1 heterocycles. The maximum absolute atomic E-state index is 5.45. The monoisotopic (exact) mass is 224 g/mol. The summed E-state index contributed by atoms with van der Waals surface area (Å²) in [6.07, 6.45) is 3.37. The third kappa shape index (κ3) is 5.04. The van der Waals surface area contributed by atoms with E-state index in [1.165, 1.54) is 0 Å². The van der Waals surface area contributed by atoms with E-state index in [2.05, 4.69) is 20.2 Å². The molecule has 5 nitrogen and oxygen atoms in total. The Morgan fingerprint density at radius 2 is 2.00 bits per heavy atom. The molecule has 90 valence electrons. The maximum Gasteiger partial charge on any atom is 0.147 e. The first-order valence-electron chi connectivity index (χ1n) is 5.44. The summed E-state index contributed by atoms with van der Waals surface area (Å²) in [6, 6.07) is 0. The molecule has 1 N–H and O–H groups in total. The number of ether oxygens (including phenoxy) is 1. The van der Waals surface area contributed by atoms with Crippen molar-refractivity contribution in [1.29, 1.82) is 0 Å². The van der Waals surface area contributed by atoms with E-state index in [0.717, 1.165) is 31.2 Å². The predicted molar refractivity (Wildman–Crippen MR) is 64.6 cm³/mol. The quantitative estimate of drug-likeness (QED) is 0.693. The summed E-state index contributed by atoms with van der Waals surface area (Å²) in [5, 5.41) is 3.19. The highest BCUT2D eigenvalue weighted by Gasteiger charge is 1.98. The Kier molecular flexibility index (Phi) is 5.74. The van der Waals surface area contributed by atoms with Gasteiger partial charge in [-0.2, -0.15) is 0 Å². The lowest BCUT2D eigenvalue weighted by atomic mass is 10.4. The highest BCUT2D eigenvalue weighted by Crippen LogP contribution is 2.04. The molecule has 1 aromatic heterocycles. The van der Waals surface area contributed by atoms with Gasteiger partial charge in [0.25, 0.3) is 0 Å². The van der Waals surface area contributed by atoms with Gasteiger partial charge in [0.1, 0.15) is 5.82 Å². The molecular formula is C11H20N4O. The van der Waals surface area contributed by atoms with Crippen LogP contribution in [0.1, 0.15) is 5.69 Å². The smallest absolute Gasteiger partial charge is 0.147 e. The van der Waals surface area contributed by atoms with Crippen LogP contribution in [0.4, 0.5) is 5.82 Å². The van der Waals surface area contributed by atoms with E-state index < -0.39 is 0 Å². The second-order valence-electron chi connectivity index (χ2n) is 3.83. The van der Waals surface area contributed by atoms with E-state index in [9.17, 15) is 0 Å². The summed E-state index contributed by atoms with van der Waals surface area (Å²) in [4.78, 5) is 10.4. The van der Waals surface area contributed by atoms with Crippen molar-refractivity contribution in [2.45, 2.75) is 6.92 Å². The Hall–Kier alpha value is -1.20. The number of nitrogens with zero attached hydrogens (tertiary/aromatic N) is 3. The molecule has 0 aliphatic heterocycles. The molecule has 5 heteroatoms. The van der Waals surface area contributed by atoms with Crippen molar-refractivity contribution in [1.82, 2.24) is 14.9 Å². The zero-order valence-corrected chi connectivity index (χ0v) is 10.2. The number of aryl methyl sites for hydroxylation is 1. The maximum atomic E-state index is 5.45. The molecule has 0 spiro atoms. The number of hydrogen-bond acceptors (Lipinski definition) is 5. The summed E-state index contributed by atoms with van der Waals surface area (Å²) < 4.78 is 5.45. The first-order chi connectivity index (χ1) is 7.70. The molecule has 0 saturated carbocycles. The second kappa shape index (κ2) is 7.14. The largest absolute Gasteiger partial charge is 0.378 e. The van der Waals surface area contributed by atoms with Crippen LogP contribution in [0.2, 0.25) is 0 Å². The molecule has 1 rings (SSSR count). The van der Waals surface area contributed by atoms with Crippen molar-refractivity contribution in [3.8, 4) is 0 Å². The molecule has 0 amide bonds. The van der Waals surface area contributed by atoms with Crippen LogP contribution >= 0.6 is 0 Å². The molecule has 0 aliphatic carbocycles. The third-order valence-corrected chi connectivity index (χ3v) is 2.10. The summed E-state index contributed by atoms with van der Waals surface area (Å²) in [5.74, 6) is 0.832. The molecule has 0 unspecified atom stereocenters. The van der Waals surface area contributed by atoms with E-state index in [1.807, 2.05) is 21.0 Å². The summed E-state index contributed by atoms with van der Waals surface area (Å²) in [6.45, 7) is 5.08. The summed E-state index contributed by atoms with van der Waals surface area (Å²) >= 11 is 0. The average molecular weight is 224 g/mol. The number of hydrogen-bond donors (Lipinski definition) is 1. The third-order valence-electron chi connectivity index (χ3n) is 2.10. The highest BCUT2D eigenvalue weighted by atomic mass is 16.5. The van der Waals surface area contributed by atoms with Crippen LogP contribution in [-0.4, -0.2) is 55.3 Å². The second-order valence-corrected chi connectivity index (χ2v) is 3.83. The van der Waals surface area contributed by atoms with Gasteiger partial charge in [-0.25, -0.2) is 4.98 Å². The minimum atomic E-state index is 0.684. The first-order valence-corrected chi connectivity index (χ1v) is 5.44. The fourth-order valence-corrected chi connectivity index (χ4v) is 1.17. The molecular weight excluding hydrogens is 204 g/mol. The highest BCUT2D eigenvalue weighted by molar-refractivity contribution is 5.37. The van der Waals surface area contributed by atoms with Gasteiger partial charge in [-0.05, 0) is 21.0 Å². The van der Waals surface area contributed by atoms with Gasteiger partial charge in [-0.1, -0.05) is 0 Å². The predicted octanol–water partition coefficient (Wildman–Crippen LogP) is 0.775. The number of likely N-dealkylation sites (N-methyl/N-ethyl adjacent to an activating group) is 1. The van der Waals surface area contributed by atoms with Gasteiger partial charge in [-0.3, -0.25) is 4.98 Å². The van der Waals surface area contributed by atoms with Gasteiger partial charge in [-0.15, -0.1) is 0 Å². The van der Waals surface area contributed by atoms with E-state index >= 15 is 0 Å². The van der Waals surface area contributed by atoms with Crippen LogP contribution in [0.3, 0.4) is 0 Å². The Balaban J connectivity index is 2.10. The van der Waals surface area contributed by atoms with Gasteiger partial charge in [0.2, 0.25) is 0 Å². The van der Waals surface area contributed by atoms with Crippen LogP contribution in [-0.2, 0) is 4.74 Å². The molecule has 0 aliphatic rings. The zero-order chi connectivity index (χ0) is 11.8. The van der Waals surface area contributed by atoms with Crippen LogP contribution in [0.5, 0.6) is 0 Å². The fraction of sp³-hybridized carbons (Fsp3) is 0.636. The van der Waals surface area contributed by atoms with Crippen molar-refractivity contribution in [2.75, 3.05) is 45.7 Å². The average Bonchev–Trinajstić information content (AvgIpc) is 2.25. The van der Waals surface area contributed by atoms with E-state index in [1.54, 1.807) is 12.4 Å². The van der Waals surface area contributed by atoms with Crippen LogP contribution in [0.25, 0.3) is 0 Å². The number of nitrogens with one attached hydrogen (secondary N) is 1. The van der Waals surface area contributed by atoms with Gasteiger partial charge < -0.3 is 15.0 Å². The molecule has 0 aromatic carbocycles. The normalized spacial score (nSPS) is 10.8. The van der Waals surface area contributed by atoms with Crippen LogP contribution in [0.15, 0.2) is 12.4 Å². The lowest BCUT2D eigenvalue weighted by molar-refractivity contribution is 0.126. The minimum absolute atomic E-state index is 0.684. The Bertz CT molecular complexity index is 304. The summed E-state index contributed by atoms with van der Waals surface area (Å²) in [7, 11) is 4.06. The topological polar surface area (TPSA) is 50.3 Å². The van der Waals surface area contributed by atoms with Crippen molar-refractivity contribution in [3.63, 3.8) is 0 Å². The van der Waals surface area contributed by atoms with Crippen molar-refractivity contribution < 1.29 is 4.74 Å². The van der Waals surface area contributed by atoms with E-state index in [0.29, 0.717) is 6.61 Å². The van der Waals surface area contributed by atoms with Crippen LogP contribution < -0.4 is 5.32 Å². The Labute approximate surface area is 96.8 Å². The lowest BCUT2D eigenvalue weighted by Gasteiger charge is -2.10. The molecule has 0 atom stereocenters. The van der Waals surface area contributed by atoms with Gasteiger partial charge >= 0.3 is 0 Å². The molecule has 16 heavy (non-hydrogen) atoms. The molecule has 1 aromatic rings. The summed E-state index contributed by atoms with van der Waals surface area (Å²) in [5.41, 5.74) is 0.913. The van der Waals surface area contributed by atoms with Crippen molar-refractivity contribution in [3.05, 3.63) is 18.1 Å². The molecule has 0 saturated heterocycles. The standard InChI is InChI=1S/C11H20N4O/c1-10-11(13-5-4-12-10)14-6-8-16-9-7-15(2)3/h4-5H,6-9H2,1-3H3,(H,13,14). The zero-order valence-electron chi connectivity index (χ0n) is 10.2.